The maximum absolute atomic E-state index is 12.7. The van der Waals surface area contributed by atoms with Gasteiger partial charge in [-0.05, 0) is 30.7 Å². The second kappa shape index (κ2) is 5.59. The molecule has 0 spiro atoms. The summed E-state index contributed by atoms with van der Waals surface area (Å²) in [5.41, 5.74) is -3.31. The first-order valence-electron chi connectivity index (χ1n) is 6.09. The van der Waals surface area contributed by atoms with Crippen LogP contribution in [0, 0.1) is 6.92 Å². The molecule has 1 heterocycles. The number of pyridine rings is 1. The molecule has 0 amide bonds. The minimum atomic E-state index is -4.70. The third-order valence-corrected chi connectivity index (χ3v) is 3.36. The molecule has 23 heavy (non-hydrogen) atoms. The van der Waals surface area contributed by atoms with Crippen molar-refractivity contribution in [3.8, 4) is 5.69 Å². The number of rotatable bonds is 1. The fourth-order valence-electron chi connectivity index (χ4n) is 2.05. The SMILES string of the molecule is Cc1cc(C(F)(F)F)cc(Cl)c1-n1ccc(C(F)(F)F)cc1=O. The number of alkyl halides is 6. The molecular formula is C14H8ClF6NO. The number of aromatic nitrogens is 1. The van der Waals surface area contributed by atoms with Crippen molar-refractivity contribution in [2.75, 3.05) is 0 Å². The van der Waals surface area contributed by atoms with E-state index in [1.165, 1.54) is 6.92 Å². The van der Waals surface area contributed by atoms with Crippen LogP contribution in [0.3, 0.4) is 0 Å². The molecule has 2 rings (SSSR count). The first kappa shape index (κ1) is 17.4. The maximum Gasteiger partial charge on any atom is 0.416 e. The third-order valence-electron chi connectivity index (χ3n) is 3.07. The zero-order chi connectivity index (χ0) is 17.6. The molecule has 2 aromatic rings. The predicted molar refractivity (Wildman–Crippen MR) is 71.8 cm³/mol. The Labute approximate surface area is 130 Å². The number of aryl methyl sites for hydroxylation is 1. The van der Waals surface area contributed by atoms with E-state index >= 15 is 0 Å². The molecule has 0 bridgehead atoms. The van der Waals surface area contributed by atoms with Crippen LogP contribution in [-0.2, 0) is 12.4 Å². The summed E-state index contributed by atoms with van der Waals surface area (Å²) in [4.78, 5) is 11.9. The molecular weight excluding hydrogens is 348 g/mol. The molecule has 0 fully saturated rings. The highest BCUT2D eigenvalue weighted by molar-refractivity contribution is 6.32. The lowest BCUT2D eigenvalue weighted by molar-refractivity contribution is -0.138. The molecule has 0 saturated carbocycles. The zero-order valence-electron chi connectivity index (χ0n) is 11.4. The van der Waals surface area contributed by atoms with Crippen LogP contribution in [0.2, 0.25) is 5.02 Å². The molecule has 0 N–H and O–H groups in total. The molecule has 0 saturated heterocycles. The normalized spacial score (nSPS) is 12.5. The quantitative estimate of drug-likeness (QED) is 0.671. The molecule has 9 heteroatoms. The molecule has 2 nitrogen and oxygen atoms in total. The van der Waals surface area contributed by atoms with Gasteiger partial charge in [-0.25, -0.2) is 0 Å². The zero-order valence-corrected chi connectivity index (χ0v) is 12.1. The van der Waals surface area contributed by atoms with E-state index in [-0.39, 0.29) is 16.3 Å². The van der Waals surface area contributed by atoms with Crippen molar-refractivity contribution in [3.05, 3.63) is 62.5 Å². The number of halogens is 7. The second-order valence-electron chi connectivity index (χ2n) is 4.74. The van der Waals surface area contributed by atoms with Gasteiger partial charge in [0.05, 0.1) is 21.8 Å². The summed E-state index contributed by atoms with van der Waals surface area (Å²) in [6, 6.07) is 2.39. The highest BCUT2D eigenvalue weighted by Gasteiger charge is 2.33. The van der Waals surface area contributed by atoms with Gasteiger partial charge >= 0.3 is 12.4 Å². The van der Waals surface area contributed by atoms with Gasteiger partial charge < -0.3 is 0 Å². The number of hydrogen-bond donors (Lipinski definition) is 0. The van der Waals surface area contributed by atoms with Crippen molar-refractivity contribution in [1.29, 1.82) is 0 Å². The average Bonchev–Trinajstić information content (AvgIpc) is 2.37. The summed E-state index contributed by atoms with van der Waals surface area (Å²) >= 11 is 5.79. The molecule has 0 unspecified atom stereocenters. The van der Waals surface area contributed by atoms with Gasteiger partial charge in [-0.1, -0.05) is 11.6 Å². The minimum Gasteiger partial charge on any atom is -0.283 e. The van der Waals surface area contributed by atoms with Crippen LogP contribution in [-0.4, -0.2) is 4.57 Å². The molecule has 124 valence electrons. The van der Waals surface area contributed by atoms with E-state index in [2.05, 4.69) is 0 Å². The van der Waals surface area contributed by atoms with Gasteiger partial charge in [0.15, 0.2) is 0 Å². The summed E-state index contributed by atoms with van der Waals surface area (Å²) in [6.07, 6.45) is -8.50. The third kappa shape index (κ3) is 3.52. The van der Waals surface area contributed by atoms with Crippen molar-refractivity contribution < 1.29 is 26.3 Å². The molecule has 0 aliphatic rings. The standard InChI is InChI=1S/C14H8ClF6NO/c1-7-4-9(14(19,20)21)5-10(15)12(7)22-3-2-8(6-11(22)23)13(16,17)18/h2-6H,1H3. The summed E-state index contributed by atoms with van der Waals surface area (Å²) in [5.74, 6) is 0. The van der Waals surface area contributed by atoms with Gasteiger partial charge in [-0.3, -0.25) is 9.36 Å². The second-order valence-corrected chi connectivity index (χ2v) is 5.15. The van der Waals surface area contributed by atoms with Crippen molar-refractivity contribution in [2.24, 2.45) is 0 Å². The maximum atomic E-state index is 12.7. The Hall–Kier alpha value is -1.96. The van der Waals surface area contributed by atoms with E-state index in [0.717, 1.165) is 16.8 Å². The molecule has 1 aromatic heterocycles. The van der Waals surface area contributed by atoms with E-state index in [0.29, 0.717) is 18.2 Å². The Morgan fingerprint density at radius 3 is 1.96 bits per heavy atom. The Bertz CT molecular complexity index is 783. The van der Waals surface area contributed by atoms with Crippen LogP contribution in [0.4, 0.5) is 26.3 Å². The monoisotopic (exact) mass is 355 g/mol. The lowest BCUT2D eigenvalue weighted by Crippen LogP contribution is -2.21. The van der Waals surface area contributed by atoms with Gasteiger partial charge in [-0.15, -0.1) is 0 Å². The smallest absolute Gasteiger partial charge is 0.283 e. The molecule has 0 atom stereocenters. The Morgan fingerprint density at radius 1 is 0.957 bits per heavy atom. The molecule has 0 radical (unpaired) electrons. The van der Waals surface area contributed by atoms with Gasteiger partial charge in [0.1, 0.15) is 0 Å². The Kier molecular flexibility index (Phi) is 4.23. The van der Waals surface area contributed by atoms with Crippen LogP contribution in [0.1, 0.15) is 16.7 Å². The average molecular weight is 356 g/mol. The van der Waals surface area contributed by atoms with Gasteiger partial charge in [0, 0.05) is 12.3 Å². The van der Waals surface area contributed by atoms with E-state index in [9.17, 15) is 31.1 Å². The van der Waals surface area contributed by atoms with Gasteiger partial charge in [0.25, 0.3) is 5.56 Å². The van der Waals surface area contributed by atoms with Crippen molar-refractivity contribution >= 4 is 11.6 Å². The predicted octanol–water partition coefficient (Wildman–Crippen LogP) is 4.84. The molecule has 0 aliphatic heterocycles. The van der Waals surface area contributed by atoms with Crippen LogP contribution in [0.15, 0.2) is 35.3 Å². The van der Waals surface area contributed by atoms with Crippen LogP contribution in [0.5, 0.6) is 0 Å². The van der Waals surface area contributed by atoms with Crippen LogP contribution in [0.25, 0.3) is 5.69 Å². The number of hydrogen-bond acceptors (Lipinski definition) is 1. The van der Waals surface area contributed by atoms with Crippen molar-refractivity contribution in [2.45, 2.75) is 19.3 Å². The summed E-state index contributed by atoms with van der Waals surface area (Å²) in [5, 5.41) is -0.390. The number of benzene rings is 1. The fraction of sp³-hybridized carbons (Fsp3) is 0.214. The summed E-state index contributed by atoms with van der Waals surface area (Å²) in [7, 11) is 0. The lowest BCUT2D eigenvalue weighted by atomic mass is 10.1. The van der Waals surface area contributed by atoms with Gasteiger partial charge in [0.2, 0.25) is 0 Å². The lowest BCUT2D eigenvalue weighted by Gasteiger charge is -2.15. The fourth-order valence-corrected chi connectivity index (χ4v) is 2.40. The highest BCUT2D eigenvalue weighted by atomic mass is 35.5. The topological polar surface area (TPSA) is 22.0 Å². The van der Waals surface area contributed by atoms with Crippen LogP contribution < -0.4 is 5.56 Å². The Morgan fingerprint density at radius 2 is 1.52 bits per heavy atom. The van der Waals surface area contributed by atoms with Crippen LogP contribution >= 0.6 is 11.6 Å². The first-order valence-corrected chi connectivity index (χ1v) is 6.46. The largest absolute Gasteiger partial charge is 0.416 e. The first-order chi connectivity index (χ1) is 10.4. The Balaban J connectivity index is 2.62. The van der Waals surface area contributed by atoms with E-state index in [4.69, 9.17) is 11.6 Å². The van der Waals surface area contributed by atoms with Crippen molar-refractivity contribution in [3.63, 3.8) is 0 Å². The minimum absolute atomic E-state index is 0.00619. The molecule has 1 aromatic carbocycles. The van der Waals surface area contributed by atoms with Gasteiger partial charge in [-0.2, -0.15) is 26.3 Å². The summed E-state index contributed by atoms with van der Waals surface area (Å²) < 4.78 is 76.5. The van der Waals surface area contributed by atoms with Crippen molar-refractivity contribution in [1.82, 2.24) is 4.57 Å². The van der Waals surface area contributed by atoms with E-state index in [1.54, 1.807) is 0 Å². The highest BCUT2D eigenvalue weighted by Crippen LogP contribution is 2.35. The van der Waals surface area contributed by atoms with E-state index in [1.807, 2.05) is 0 Å². The number of nitrogens with zero attached hydrogens (tertiary/aromatic N) is 1. The van der Waals surface area contributed by atoms with E-state index < -0.39 is 29.0 Å². The summed E-state index contributed by atoms with van der Waals surface area (Å²) in [6.45, 7) is 1.28. The molecule has 0 aliphatic carbocycles.